The number of hydrogen-bond acceptors (Lipinski definition) is 2. The molecule has 2 heteroatoms. The second-order valence-corrected chi connectivity index (χ2v) is 4.62. The van der Waals surface area contributed by atoms with Gasteiger partial charge in [-0.05, 0) is 12.5 Å². The summed E-state index contributed by atoms with van der Waals surface area (Å²) in [4.78, 5) is 12.2. The molecule has 2 aromatic rings. The molecule has 2 nitrogen and oxygen atoms in total. The molecule has 2 aromatic carbocycles. The fourth-order valence-corrected chi connectivity index (χ4v) is 2.18. The molecule has 3 rings (SSSR count). The van der Waals surface area contributed by atoms with Crippen LogP contribution in [0.15, 0.2) is 54.6 Å². The minimum atomic E-state index is -0.311. The molecule has 18 heavy (non-hydrogen) atoms. The second kappa shape index (κ2) is 4.39. The molecule has 0 aromatic heterocycles. The number of ether oxygens (including phenoxy) is 1. The molecule has 1 aliphatic heterocycles. The average Bonchev–Trinajstić information content (AvgIpc) is 3.19. The van der Waals surface area contributed by atoms with Crippen LogP contribution in [0.3, 0.4) is 0 Å². The van der Waals surface area contributed by atoms with Crippen molar-refractivity contribution in [2.45, 2.75) is 19.1 Å². The Labute approximate surface area is 106 Å². The fourth-order valence-electron chi connectivity index (χ4n) is 2.18. The molecule has 0 spiro atoms. The van der Waals surface area contributed by atoms with Crippen LogP contribution in [0.4, 0.5) is 0 Å². The van der Waals surface area contributed by atoms with Crippen molar-refractivity contribution in [1.29, 1.82) is 0 Å². The van der Waals surface area contributed by atoms with Crippen molar-refractivity contribution < 1.29 is 9.53 Å². The molecule has 0 bridgehead atoms. The van der Waals surface area contributed by atoms with E-state index >= 15 is 0 Å². The van der Waals surface area contributed by atoms with Crippen LogP contribution in [0.2, 0.25) is 0 Å². The van der Waals surface area contributed by atoms with Gasteiger partial charge in [-0.15, -0.1) is 0 Å². The van der Waals surface area contributed by atoms with Gasteiger partial charge in [-0.25, -0.2) is 0 Å². The number of benzene rings is 2. The summed E-state index contributed by atoms with van der Waals surface area (Å²) in [5.74, 6) is 0.0714. The molecule has 1 heterocycles. The zero-order valence-corrected chi connectivity index (χ0v) is 10.2. The van der Waals surface area contributed by atoms with E-state index in [4.69, 9.17) is 4.74 Å². The minimum absolute atomic E-state index is 0.0714. The number of carbonyl (C=O) groups excluding carboxylic acids is 1. The SMILES string of the molecule is Cc1cccc([C@@H]2O[C@H]2C(=O)c2ccccc2)c1. The quantitative estimate of drug-likeness (QED) is 0.606. The summed E-state index contributed by atoms with van der Waals surface area (Å²) in [6.07, 6.45) is -0.383. The normalized spacial score (nSPS) is 21.6. The van der Waals surface area contributed by atoms with E-state index in [1.807, 2.05) is 55.5 Å². The van der Waals surface area contributed by atoms with Crippen LogP contribution in [0.25, 0.3) is 0 Å². The van der Waals surface area contributed by atoms with Crippen LogP contribution in [0, 0.1) is 6.92 Å². The second-order valence-electron chi connectivity index (χ2n) is 4.62. The van der Waals surface area contributed by atoms with Gasteiger partial charge < -0.3 is 4.74 Å². The van der Waals surface area contributed by atoms with Gasteiger partial charge in [0.15, 0.2) is 11.9 Å². The van der Waals surface area contributed by atoms with Crippen molar-refractivity contribution in [1.82, 2.24) is 0 Å². The Kier molecular flexibility index (Phi) is 2.73. The maximum absolute atomic E-state index is 12.2. The summed E-state index contributed by atoms with van der Waals surface area (Å²) in [5, 5.41) is 0. The molecule has 0 N–H and O–H groups in total. The molecular formula is C16H14O2. The Morgan fingerprint density at radius 3 is 2.56 bits per heavy atom. The monoisotopic (exact) mass is 238 g/mol. The first-order valence-electron chi connectivity index (χ1n) is 6.07. The third-order valence-electron chi connectivity index (χ3n) is 3.18. The minimum Gasteiger partial charge on any atom is -0.356 e. The first-order valence-corrected chi connectivity index (χ1v) is 6.07. The predicted octanol–water partition coefficient (Wildman–Crippen LogP) is 3.32. The van der Waals surface area contributed by atoms with Crippen LogP contribution < -0.4 is 0 Å². The maximum Gasteiger partial charge on any atom is 0.194 e. The lowest BCUT2D eigenvalue weighted by Gasteiger charge is -1.98. The number of aryl methyl sites for hydroxylation is 1. The molecule has 1 aliphatic rings. The highest BCUT2D eigenvalue weighted by molar-refractivity contribution is 6.01. The van der Waals surface area contributed by atoms with Crippen LogP contribution in [-0.2, 0) is 4.74 Å². The van der Waals surface area contributed by atoms with E-state index in [1.54, 1.807) is 0 Å². The van der Waals surface area contributed by atoms with E-state index in [0.717, 1.165) is 11.1 Å². The van der Waals surface area contributed by atoms with Gasteiger partial charge in [0.25, 0.3) is 0 Å². The van der Waals surface area contributed by atoms with Gasteiger partial charge in [0, 0.05) is 5.56 Å². The van der Waals surface area contributed by atoms with Gasteiger partial charge in [0.1, 0.15) is 6.10 Å². The molecule has 0 radical (unpaired) electrons. The smallest absolute Gasteiger partial charge is 0.194 e. The Morgan fingerprint density at radius 1 is 1.06 bits per heavy atom. The van der Waals surface area contributed by atoms with E-state index in [0.29, 0.717) is 0 Å². The van der Waals surface area contributed by atoms with E-state index in [-0.39, 0.29) is 18.0 Å². The molecule has 2 atom stereocenters. The summed E-state index contributed by atoms with van der Waals surface area (Å²) in [5.41, 5.74) is 3.00. The first-order chi connectivity index (χ1) is 8.75. The fraction of sp³-hybridized carbons (Fsp3) is 0.188. The predicted molar refractivity (Wildman–Crippen MR) is 69.6 cm³/mol. The summed E-state index contributed by atoms with van der Waals surface area (Å²) < 4.78 is 5.52. The maximum atomic E-state index is 12.2. The van der Waals surface area contributed by atoms with Crippen molar-refractivity contribution in [2.75, 3.05) is 0 Å². The lowest BCUT2D eigenvalue weighted by molar-refractivity contribution is 0.0953. The topological polar surface area (TPSA) is 29.6 Å². The van der Waals surface area contributed by atoms with Gasteiger partial charge in [0.2, 0.25) is 0 Å². The Morgan fingerprint density at radius 2 is 1.83 bits per heavy atom. The first kappa shape index (κ1) is 11.2. The van der Waals surface area contributed by atoms with Crippen molar-refractivity contribution in [2.24, 2.45) is 0 Å². The van der Waals surface area contributed by atoms with Crippen molar-refractivity contribution in [3.05, 3.63) is 71.3 Å². The number of hydrogen-bond donors (Lipinski definition) is 0. The number of Topliss-reactive ketones (excluding diaryl/α,β-unsaturated/α-hetero) is 1. The highest BCUT2D eigenvalue weighted by Crippen LogP contribution is 2.40. The van der Waals surface area contributed by atoms with E-state index in [9.17, 15) is 4.79 Å². The highest BCUT2D eigenvalue weighted by atomic mass is 16.6. The third-order valence-corrected chi connectivity index (χ3v) is 3.18. The Bertz CT molecular complexity index is 575. The van der Waals surface area contributed by atoms with Crippen LogP contribution >= 0.6 is 0 Å². The number of carbonyl (C=O) groups is 1. The lowest BCUT2D eigenvalue weighted by Crippen LogP contribution is -2.07. The van der Waals surface area contributed by atoms with Crippen LogP contribution in [0.5, 0.6) is 0 Å². The largest absolute Gasteiger partial charge is 0.356 e. The van der Waals surface area contributed by atoms with E-state index in [1.165, 1.54) is 5.56 Å². The summed E-state index contributed by atoms with van der Waals surface area (Å²) in [6.45, 7) is 2.04. The van der Waals surface area contributed by atoms with Gasteiger partial charge in [-0.1, -0.05) is 60.2 Å². The Hall–Kier alpha value is -1.93. The molecular weight excluding hydrogens is 224 g/mol. The summed E-state index contributed by atoms with van der Waals surface area (Å²) in [6, 6.07) is 17.4. The molecule has 90 valence electrons. The van der Waals surface area contributed by atoms with Gasteiger partial charge in [-0.2, -0.15) is 0 Å². The molecule has 1 fully saturated rings. The average molecular weight is 238 g/mol. The number of rotatable bonds is 3. The Balaban J connectivity index is 1.77. The standard InChI is InChI=1S/C16H14O2/c1-11-6-5-9-13(10-11)15-16(18-15)14(17)12-7-3-2-4-8-12/h2-10,15-16H,1H3/t15-,16-/m0/s1. The van der Waals surface area contributed by atoms with E-state index < -0.39 is 0 Å². The lowest BCUT2D eigenvalue weighted by atomic mass is 10.0. The summed E-state index contributed by atoms with van der Waals surface area (Å²) >= 11 is 0. The number of epoxide rings is 1. The van der Waals surface area contributed by atoms with E-state index in [2.05, 4.69) is 6.07 Å². The van der Waals surface area contributed by atoms with Crippen molar-refractivity contribution >= 4 is 5.78 Å². The van der Waals surface area contributed by atoms with Gasteiger partial charge >= 0.3 is 0 Å². The van der Waals surface area contributed by atoms with Crippen molar-refractivity contribution in [3.63, 3.8) is 0 Å². The molecule has 0 aliphatic carbocycles. The third kappa shape index (κ3) is 2.07. The van der Waals surface area contributed by atoms with Gasteiger partial charge in [-0.3, -0.25) is 4.79 Å². The molecule has 0 unspecified atom stereocenters. The molecule has 0 amide bonds. The summed E-state index contributed by atoms with van der Waals surface area (Å²) in [7, 11) is 0. The molecule has 1 saturated heterocycles. The zero-order valence-electron chi connectivity index (χ0n) is 10.2. The molecule has 0 saturated carbocycles. The zero-order chi connectivity index (χ0) is 12.5. The highest BCUT2D eigenvalue weighted by Gasteiger charge is 2.46. The van der Waals surface area contributed by atoms with Crippen LogP contribution in [-0.4, -0.2) is 11.9 Å². The van der Waals surface area contributed by atoms with Gasteiger partial charge in [0.05, 0.1) is 0 Å². The number of ketones is 1. The van der Waals surface area contributed by atoms with Crippen molar-refractivity contribution in [3.8, 4) is 0 Å². The van der Waals surface area contributed by atoms with Crippen LogP contribution in [0.1, 0.15) is 27.6 Å².